The summed E-state index contributed by atoms with van der Waals surface area (Å²) in [6.07, 6.45) is 3.10. The minimum atomic E-state index is -1.01. The second kappa shape index (κ2) is 10.7. The fourth-order valence-corrected chi connectivity index (χ4v) is 6.58. The Hall–Kier alpha value is -3.98. The number of carbonyl (C=O) groups excluding carboxylic acids is 5. The number of nitrogens with zero attached hydrogens (tertiary/aromatic N) is 3. The third-order valence-electron chi connectivity index (χ3n) is 8.82. The van der Waals surface area contributed by atoms with E-state index in [4.69, 9.17) is 11.6 Å². The molecule has 0 spiro atoms. The maximum Gasteiger partial charge on any atom is 0.320 e. The molecule has 0 bridgehead atoms. The highest BCUT2D eigenvalue weighted by atomic mass is 35.5. The van der Waals surface area contributed by atoms with Crippen LogP contribution in [0.1, 0.15) is 77.8 Å². The van der Waals surface area contributed by atoms with Crippen LogP contribution in [0.4, 0.5) is 4.79 Å². The Morgan fingerprint density at radius 3 is 2.29 bits per heavy atom. The van der Waals surface area contributed by atoms with Crippen LogP contribution in [0.25, 0.3) is 5.57 Å². The Bertz CT molecular complexity index is 1550. The molecule has 2 aromatic rings. The predicted octanol–water partition coefficient (Wildman–Crippen LogP) is 4.64. The highest BCUT2D eigenvalue weighted by Gasteiger charge is 2.44. The number of carbonyl (C=O) groups is 5. The number of benzene rings is 2. The predicted molar refractivity (Wildman–Crippen MR) is 156 cm³/mol. The lowest BCUT2D eigenvalue weighted by atomic mass is 9.72. The lowest BCUT2D eigenvalue weighted by Gasteiger charge is -2.35. The molecule has 9 nitrogen and oxygen atoms in total. The summed E-state index contributed by atoms with van der Waals surface area (Å²) in [6.45, 7) is 6.59. The van der Waals surface area contributed by atoms with Crippen LogP contribution in [-0.2, 0) is 16.1 Å². The van der Waals surface area contributed by atoms with Gasteiger partial charge in [-0.25, -0.2) is 4.79 Å². The Balaban J connectivity index is 1.16. The molecule has 1 atom stereocenters. The first-order valence-electron chi connectivity index (χ1n) is 14.4. The summed E-state index contributed by atoms with van der Waals surface area (Å²) in [4.78, 5) is 68.2. The Labute approximate surface area is 249 Å². The Morgan fingerprint density at radius 2 is 1.57 bits per heavy atom. The molecule has 2 fully saturated rings. The lowest BCUT2D eigenvalue weighted by Crippen LogP contribution is -2.54. The molecule has 218 valence electrons. The van der Waals surface area contributed by atoms with Gasteiger partial charge in [-0.3, -0.25) is 29.4 Å². The zero-order chi connectivity index (χ0) is 29.8. The molecule has 2 saturated heterocycles. The molecule has 42 heavy (non-hydrogen) atoms. The second-order valence-electron chi connectivity index (χ2n) is 12.4. The molecule has 3 heterocycles. The summed E-state index contributed by atoms with van der Waals surface area (Å²) in [7, 11) is 0. The molecule has 2 aromatic carbocycles. The van der Waals surface area contributed by atoms with E-state index >= 15 is 0 Å². The number of piperidine rings is 1. The normalized spacial score (nSPS) is 22.3. The fraction of sp³-hybridized carbons (Fsp3) is 0.406. The first-order valence-corrected chi connectivity index (χ1v) is 14.7. The Morgan fingerprint density at radius 1 is 0.881 bits per heavy atom. The second-order valence-corrected chi connectivity index (χ2v) is 12.8. The van der Waals surface area contributed by atoms with E-state index in [2.05, 4.69) is 31.3 Å². The first-order chi connectivity index (χ1) is 20.0. The minimum absolute atomic E-state index is 0.0594. The van der Waals surface area contributed by atoms with Crippen molar-refractivity contribution in [2.45, 2.75) is 58.5 Å². The number of urea groups is 1. The zero-order valence-corrected chi connectivity index (χ0v) is 24.5. The van der Waals surface area contributed by atoms with Crippen molar-refractivity contribution in [3.05, 3.63) is 75.3 Å². The number of rotatable bonds is 6. The minimum Gasteiger partial charge on any atom is -0.319 e. The summed E-state index contributed by atoms with van der Waals surface area (Å²) in [5.41, 5.74) is 5.07. The molecular weight excluding hydrogens is 556 g/mol. The summed E-state index contributed by atoms with van der Waals surface area (Å²) < 4.78 is 0. The van der Waals surface area contributed by atoms with E-state index in [9.17, 15) is 24.0 Å². The van der Waals surface area contributed by atoms with Gasteiger partial charge in [-0.1, -0.05) is 43.6 Å². The molecule has 0 saturated carbocycles. The number of halogens is 1. The van der Waals surface area contributed by atoms with E-state index in [0.717, 1.165) is 35.3 Å². The van der Waals surface area contributed by atoms with Crippen LogP contribution in [0.5, 0.6) is 0 Å². The molecule has 1 unspecified atom stereocenters. The average molecular weight is 589 g/mol. The standard InChI is InChI=1S/C32H33ClN4O5/c1-32(2)12-11-21(25(16-32)20-4-6-22(33)7-5-20)18-36-14-13-35(31(36)42)17-19-3-8-23-24(15-19)30(41)37(29(23)40)26-9-10-27(38)34-28(26)39/h3-8,15,26H,9-14,16-18H2,1-2H3,(H,34,38,39). The van der Waals surface area contributed by atoms with Crippen LogP contribution in [-0.4, -0.2) is 70.0 Å². The van der Waals surface area contributed by atoms with Crippen LogP contribution in [0.15, 0.2) is 48.0 Å². The summed E-state index contributed by atoms with van der Waals surface area (Å²) in [6, 6.07) is 11.8. The third kappa shape index (κ3) is 5.22. The third-order valence-corrected chi connectivity index (χ3v) is 9.07. The molecule has 0 radical (unpaired) electrons. The molecular formula is C32H33ClN4O5. The largest absolute Gasteiger partial charge is 0.320 e. The number of nitrogens with one attached hydrogen (secondary N) is 1. The Kier molecular flexibility index (Phi) is 7.17. The van der Waals surface area contributed by atoms with Crippen molar-refractivity contribution in [3.63, 3.8) is 0 Å². The fourth-order valence-electron chi connectivity index (χ4n) is 6.46. The van der Waals surface area contributed by atoms with Crippen molar-refractivity contribution >= 4 is 46.8 Å². The van der Waals surface area contributed by atoms with Crippen molar-refractivity contribution in [2.75, 3.05) is 19.6 Å². The summed E-state index contributed by atoms with van der Waals surface area (Å²) >= 11 is 6.14. The van der Waals surface area contributed by atoms with Gasteiger partial charge < -0.3 is 9.80 Å². The van der Waals surface area contributed by atoms with Crippen LogP contribution in [0.3, 0.4) is 0 Å². The number of amides is 6. The van der Waals surface area contributed by atoms with Gasteiger partial charge in [-0.05, 0) is 77.6 Å². The van der Waals surface area contributed by atoms with Crippen LogP contribution >= 0.6 is 11.6 Å². The topological polar surface area (TPSA) is 107 Å². The molecule has 1 N–H and O–H groups in total. The smallest absolute Gasteiger partial charge is 0.319 e. The van der Waals surface area contributed by atoms with Crippen molar-refractivity contribution in [1.82, 2.24) is 20.0 Å². The van der Waals surface area contributed by atoms with Gasteiger partial charge in [-0.15, -0.1) is 0 Å². The number of allylic oxidation sites excluding steroid dienone is 1. The van der Waals surface area contributed by atoms with E-state index in [1.807, 2.05) is 17.0 Å². The maximum atomic E-state index is 13.5. The first kappa shape index (κ1) is 28.2. The monoisotopic (exact) mass is 588 g/mol. The van der Waals surface area contributed by atoms with E-state index in [1.54, 1.807) is 23.1 Å². The number of imide groups is 2. The van der Waals surface area contributed by atoms with Gasteiger partial charge in [0.25, 0.3) is 11.8 Å². The zero-order valence-electron chi connectivity index (χ0n) is 23.7. The van der Waals surface area contributed by atoms with E-state index in [0.29, 0.717) is 31.2 Å². The van der Waals surface area contributed by atoms with Crippen LogP contribution in [0.2, 0.25) is 5.02 Å². The molecule has 10 heteroatoms. The van der Waals surface area contributed by atoms with Gasteiger partial charge in [0.2, 0.25) is 11.8 Å². The molecule has 0 aromatic heterocycles. The van der Waals surface area contributed by atoms with E-state index < -0.39 is 29.7 Å². The van der Waals surface area contributed by atoms with Gasteiger partial charge in [0.1, 0.15) is 6.04 Å². The molecule has 6 amide bonds. The molecule has 6 rings (SSSR count). The lowest BCUT2D eigenvalue weighted by molar-refractivity contribution is -0.136. The summed E-state index contributed by atoms with van der Waals surface area (Å²) in [5.74, 6) is -2.15. The van der Waals surface area contributed by atoms with E-state index in [-0.39, 0.29) is 35.4 Å². The van der Waals surface area contributed by atoms with Gasteiger partial charge in [0.05, 0.1) is 11.1 Å². The molecule has 1 aliphatic carbocycles. The summed E-state index contributed by atoms with van der Waals surface area (Å²) in [5, 5.41) is 2.91. The van der Waals surface area contributed by atoms with Crippen molar-refractivity contribution < 1.29 is 24.0 Å². The highest BCUT2D eigenvalue weighted by molar-refractivity contribution is 6.30. The van der Waals surface area contributed by atoms with Gasteiger partial charge >= 0.3 is 6.03 Å². The van der Waals surface area contributed by atoms with Gasteiger partial charge in [0, 0.05) is 37.6 Å². The number of fused-ring (bicyclic) bond motifs is 1. The quantitative estimate of drug-likeness (QED) is 0.495. The molecule has 3 aliphatic heterocycles. The number of hydrogen-bond acceptors (Lipinski definition) is 5. The SMILES string of the molecule is CC1(C)CCC(CN2CCN(Cc3ccc4c(c3)C(=O)N(C3CCC(=O)NC3=O)C4=O)C2=O)=C(c2ccc(Cl)cc2)C1. The van der Waals surface area contributed by atoms with Crippen LogP contribution in [0, 0.1) is 5.41 Å². The molecule has 4 aliphatic rings. The van der Waals surface area contributed by atoms with Crippen molar-refractivity contribution in [3.8, 4) is 0 Å². The van der Waals surface area contributed by atoms with Gasteiger partial charge in [-0.2, -0.15) is 0 Å². The van der Waals surface area contributed by atoms with E-state index in [1.165, 1.54) is 11.1 Å². The number of hydrogen-bond donors (Lipinski definition) is 1. The van der Waals surface area contributed by atoms with Crippen molar-refractivity contribution in [1.29, 1.82) is 0 Å². The van der Waals surface area contributed by atoms with Gasteiger partial charge in [0.15, 0.2) is 0 Å². The highest BCUT2D eigenvalue weighted by Crippen LogP contribution is 2.43. The van der Waals surface area contributed by atoms with Crippen molar-refractivity contribution in [2.24, 2.45) is 5.41 Å². The van der Waals surface area contributed by atoms with Crippen LogP contribution < -0.4 is 5.32 Å². The maximum absolute atomic E-state index is 13.5. The average Bonchev–Trinajstić information content (AvgIpc) is 3.41.